The van der Waals surface area contributed by atoms with Gasteiger partial charge in [0.1, 0.15) is 6.79 Å². The number of hydrogen-bond acceptors (Lipinski definition) is 3. The molecule has 54 valence electrons. The number of rotatable bonds is 4. The summed E-state index contributed by atoms with van der Waals surface area (Å²) < 4.78 is 4.52. The van der Waals surface area contributed by atoms with Gasteiger partial charge in [-0.25, -0.2) is 0 Å². The first-order valence-electron chi connectivity index (χ1n) is 2.70. The number of ether oxygens (including phenoxy) is 1. The van der Waals surface area contributed by atoms with Crippen LogP contribution in [0.15, 0.2) is 0 Å². The van der Waals surface area contributed by atoms with Crippen LogP contribution in [0.1, 0.15) is 6.92 Å². The molecule has 0 fully saturated rings. The largest absolute Gasteiger partial charge is 0.371 e. The third-order valence-electron chi connectivity index (χ3n) is 0.712. The second-order valence-electron chi connectivity index (χ2n) is 1.52. The van der Waals surface area contributed by atoms with E-state index in [0.717, 1.165) is 0 Å². The van der Waals surface area contributed by atoms with E-state index in [1.807, 2.05) is 0 Å². The number of nitrogens with one attached hydrogen (secondary N) is 1. The van der Waals surface area contributed by atoms with Crippen LogP contribution in [0.5, 0.6) is 0 Å². The topological polar surface area (TPSA) is 58.6 Å². The molecule has 0 aliphatic carbocycles. The van der Waals surface area contributed by atoms with Crippen LogP contribution in [0.25, 0.3) is 0 Å². The van der Waals surface area contributed by atoms with Crippen molar-refractivity contribution in [2.24, 2.45) is 0 Å². The number of hydrogen-bond donors (Lipinski definition) is 2. The summed E-state index contributed by atoms with van der Waals surface area (Å²) in [6.45, 7) is 1.95. The minimum Gasteiger partial charge on any atom is -0.371 e. The molecule has 9 heavy (non-hydrogen) atoms. The van der Waals surface area contributed by atoms with Gasteiger partial charge in [-0.05, 0) is 0 Å². The van der Waals surface area contributed by atoms with Crippen LogP contribution in [0.3, 0.4) is 0 Å². The van der Waals surface area contributed by atoms with Gasteiger partial charge in [0.25, 0.3) is 0 Å². The summed E-state index contributed by atoms with van der Waals surface area (Å²) in [6, 6.07) is 0. The lowest BCUT2D eigenvalue weighted by atomic mass is 10.6. The summed E-state index contributed by atoms with van der Waals surface area (Å²) in [5, 5.41) is 10.6. The van der Waals surface area contributed by atoms with Crippen molar-refractivity contribution in [3.63, 3.8) is 0 Å². The predicted molar refractivity (Wildman–Crippen MR) is 31.7 cm³/mol. The summed E-state index contributed by atoms with van der Waals surface area (Å²) in [5.41, 5.74) is 0. The van der Waals surface area contributed by atoms with E-state index in [9.17, 15) is 4.79 Å². The molecule has 0 aliphatic heterocycles. The molecule has 4 nitrogen and oxygen atoms in total. The molecule has 0 heterocycles. The molecular formula is C5H11NO3. The third kappa shape index (κ3) is 7.39. The molecule has 0 saturated heterocycles. The summed E-state index contributed by atoms with van der Waals surface area (Å²) in [4.78, 5) is 10.2. The quantitative estimate of drug-likeness (QED) is 0.385. The maximum Gasteiger partial charge on any atom is 0.216 e. The van der Waals surface area contributed by atoms with Gasteiger partial charge in [0.2, 0.25) is 5.91 Å². The van der Waals surface area contributed by atoms with E-state index in [4.69, 9.17) is 5.11 Å². The molecule has 0 aliphatic rings. The average molecular weight is 133 g/mol. The zero-order valence-electron chi connectivity index (χ0n) is 5.39. The summed E-state index contributed by atoms with van der Waals surface area (Å²) in [7, 11) is 0. The minimum absolute atomic E-state index is 0.0865. The molecular weight excluding hydrogens is 122 g/mol. The standard InChI is InChI=1S/C5H11NO3/c1-5(8)6-2-3-9-4-7/h7H,2-4H2,1H3,(H,6,8). The van der Waals surface area contributed by atoms with E-state index >= 15 is 0 Å². The van der Waals surface area contributed by atoms with Gasteiger partial charge in [0.15, 0.2) is 0 Å². The van der Waals surface area contributed by atoms with Crippen molar-refractivity contribution in [2.75, 3.05) is 19.9 Å². The Kier molecular flexibility index (Phi) is 5.15. The Balaban J connectivity index is 2.83. The molecule has 0 aromatic heterocycles. The predicted octanol–water partition coefficient (Wildman–Crippen LogP) is -0.911. The molecule has 0 saturated carbocycles. The molecule has 0 aromatic carbocycles. The fourth-order valence-electron chi connectivity index (χ4n) is 0.364. The Hall–Kier alpha value is -0.610. The minimum atomic E-state index is -0.292. The van der Waals surface area contributed by atoms with Gasteiger partial charge < -0.3 is 15.2 Å². The Labute approximate surface area is 53.8 Å². The summed E-state index contributed by atoms with van der Waals surface area (Å²) in [5.74, 6) is -0.0865. The summed E-state index contributed by atoms with van der Waals surface area (Å²) >= 11 is 0. The number of carbonyl (C=O) groups excluding carboxylic acids is 1. The molecule has 0 radical (unpaired) electrons. The van der Waals surface area contributed by atoms with Crippen molar-refractivity contribution in [3.8, 4) is 0 Å². The Morgan fingerprint density at radius 1 is 1.78 bits per heavy atom. The number of aliphatic hydroxyl groups excluding tert-OH is 1. The second kappa shape index (κ2) is 5.53. The number of amides is 1. The van der Waals surface area contributed by atoms with Crippen molar-refractivity contribution in [1.82, 2.24) is 5.32 Å². The maximum absolute atomic E-state index is 10.2. The molecule has 2 N–H and O–H groups in total. The van der Waals surface area contributed by atoms with Crippen molar-refractivity contribution in [3.05, 3.63) is 0 Å². The van der Waals surface area contributed by atoms with E-state index in [-0.39, 0.29) is 12.7 Å². The Morgan fingerprint density at radius 2 is 2.44 bits per heavy atom. The number of aliphatic hydroxyl groups is 1. The second-order valence-corrected chi connectivity index (χ2v) is 1.52. The van der Waals surface area contributed by atoms with Crippen LogP contribution in [-0.4, -0.2) is 31.0 Å². The van der Waals surface area contributed by atoms with Crippen LogP contribution >= 0.6 is 0 Å². The molecule has 0 bridgehead atoms. The van der Waals surface area contributed by atoms with Gasteiger partial charge in [-0.1, -0.05) is 0 Å². The molecule has 1 amide bonds. The highest BCUT2D eigenvalue weighted by atomic mass is 16.6. The van der Waals surface area contributed by atoms with Gasteiger partial charge in [-0.2, -0.15) is 0 Å². The first kappa shape index (κ1) is 8.39. The van der Waals surface area contributed by atoms with Crippen molar-refractivity contribution >= 4 is 5.91 Å². The normalized spacial score (nSPS) is 9.11. The lowest BCUT2D eigenvalue weighted by Crippen LogP contribution is -2.24. The van der Waals surface area contributed by atoms with Crippen molar-refractivity contribution < 1.29 is 14.6 Å². The average Bonchev–Trinajstić information content (AvgIpc) is 1.80. The molecule has 4 heteroatoms. The van der Waals surface area contributed by atoms with E-state index in [0.29, 0.717) is 13.2 Å². The molecule has 0 spiro atoms. The van der Waals surface area contributed by atoms with Gasteiger partial charge >= 0.3 is 0 Å². The molecule has 0 unspecified atom stereocenters. The number of carbonyl (C=O) groups is 1. The van der Waals surface area contributed by atoms with Gasteiger partial charge in [0.05, 0.1) is 6.61 Å². The van der Waals surface area contributed by atoms with Gasteiger partial charge in [0, 0.05) is 13.5 Å². The van der Waals surface area contributed by atoms with Gasteiger partial charge in [-0.15, -0.1) is 0 Å². The Bertz CT molecular complexity index is 84.3. The summed E-state index contributed by atoms with van der Waals surface area (Å²) in [6.07, 6.45) is 0. The first-order valence-corrected chi connectivity index (χ1v) is 2.70. The van der Waals surface area contributed by atoms with Crippen LogP contribution in [0.2, 0.25) is 0 Å². The van der Waals surface area contributed by atoms with E-state index < -0.39 is 0 Å². The molecule has 0 atom stereocenters. The SMILES string of the molecule is CC(=O)NCCOCO. The third-order valence-corrected chi connectivity index (χ3v) is 0.712. The van der Waals surface area contributed by atoms with Crippen LogP contribution < -0.4 is 5.32 Å². The highest BCUT2D eigenvalue weighted by Crippen LogP contribution is 1.67. The van der Waals surface area contributed by atoms with E-state index in [2.05, 4.69) is 10.1 Å². The monoisotopic (exact) mass is 133 g/mol. The first-order chi connectivity index (χ1) is 4.27. The zero-order chi connectivity index (χ0) is 7.11. The molecule has 0 aromatic rings. The maximum atomic E-state index is 10.2. The fraction of sp³-hybridized carbons (Fsp3) is 0.800. The zero-order valence-corrected chi connectivity index (χ0v) is 5.39. The van der Waals surface area contributed by atoms with Crippen molar-refractivity contribution in [1.29, 1.82) is 0 Å². The van der Waals surface area contributed by atoms with E-state index in [1.165, 1.54) is 6.92 Å². The fourth-order valence-corrected chi connectivity index (χ4v) is 0.364. The van der Waals surface area contributed by atoms with Crippen molar-refractivity contribution in [2.45, 2.75) is 6.92 Å². The lowest BCUT2D eigenvalue weighted by Gasteiger charge is -1.99. The van der Waals surface area contributed by atoms with E-state index in [1.54, 1.807) is 0 Å². The smallest absolute Gasteiger partial charge is 0.216 e. The highest BCUT2D eigenvalue weighted by molar-refractivity contribution is 5.72. The Morgan fingerprint density at radius 3 is 2.89 bits per heavy atom. The van der Waals surface area contributed by atoms with Crippen LogP contribution in [0, 0.1) is 0 Å². The molecule has 0 rings (SSSR count). The van der Waals surface area contributed by atoms with Crippen LogP contribution in [0.4, 0.5) is 0 Å². The van der Waals surface area contributed by atoms with Crippen LogP contribution in [-0.2, 0) is 9.53 Å². The highest BCUT2D eigenvalue weighted by Gasteiger charge is 1.87. The van der Waals surface area contributed by atoms with Gasteiger partial charge in [-0.3, -0.25) is 4.79 Å². The lowest BCUT2D eigenvalue weighted by molar-refractivity contribution is -0.119.